The molecule has 1 aromatic rings. The van der Waals surface area contributed by atoms with E-state index >= 15 is 0 Å². The van der Waals surface area contributed by atoms with E-state index in [1.165, 1.54) is 23.3 Å². The van der Waals surface area contributed by atoms with E-state index in [1.807, 2.05) is 11.0 Å². The van der Waals surface area contributed by atoms with Gasteiger partial charge in [-0.2, -0.15) is 0 Å². The van der Waals surface area contributed by atoms with Gasteiger partial charge in [-0.1, -0.05) is 0 Å². The van der Waals surface area contributed by atoms with E-state index in [0.717, 1.165) is 37.4 Å². The summed E-state index contributed by atoms with van der Waals surface area (Å²) in [6, 6.07) is 2.02. The molecule has 1 N–H and O–H groups in total. The highest BCUT2D eigenvalue weighted by Gasteiger charge is 2.61. The van der Waals surface area contributed by atoms with Crippen molar-refractivity contribution in [3.63, 3.8) is 0 Å². The van der Waals surface area contributed by atoms with Gasteiger partial charge < -0.3 is 14.7 Å². The first-order valence-electron chi connectivity index (χ1n) is 8.33. The summed E-state index contributed by atoms with van der Waals surface area (Å²) in [5.41, 5.74) is 1.43. The normalized spacial score (nSPS) is 34.8. The maximum Gasteiger partial charge on any atom is 0.263 e. The molecule has 4 aliphatic rings. The van der Waals surface area contributed by atoms with Crippen molar-refractivity contribution in [2.24, 2.45) is 17.3 Å². The summed E-state index contributed by atoms with van der Waals surface area (Å²) in [7, 11) is 0. The van der Waals surface area contributed by atoms with Crippen LogP contribution in [0.25, 0.3) is 0 Å². The largest absolute Gasteiger partial charge is 0.392 e. The number of hydrogen-bond acceptors (Lipinski definition) is 4. The van der Waals surface area contributed by atoms with Crippen LogP contribution in [0.15, 0.2) is 6.07 Å². The molecule has 0 bridgehead atoms. The van der Waals surface area contributed by atoms with Crippen LogP contribution in [-0.2, 0) is 17.8 Å². The maximum atomic E-state index is 12.8. The van der Waals surface area contributed by atoms with Gasteiger partial charge in [-0.05, 0) is 42.2 Å². The number of carbonyl (C=O) groups is 1. The first-order chi connectivity index (χ1) is 10.7. The molecule has 4 nitrogen and oxygen atoms in total. The summed E-state index contributed by atoms with van der Waals surface area (Å²) in [5, 5.41) is 10.5. The lowest BCUT2D eigenvalue weighted by molar-refractivity contribution is 0.0636. The maximum absolute atomic E-state index is 12.8. The molecule has 118 valence electrons. The first-order valence-corrected chi connectivity index (χ1v) is 9.15. The lowest BCUT2D eigenvalue weighted by Crippen LogP contribution is -2.32. The highest BCUT2D eigenvalue weighted by atomic mass is 32.1. The van der Waals surface area contributed by atoms with E-state index in [1.54, 1.807) is 11.3 Å². The molecule has 22 heavy (non-hydrogen) atoms. The zero-order valence-corrected chi connectivity index (χ0v) is 13.4. The van der Waals surface area contributed by atoms with Crippen LogP contribution in [0.4, 0.5) is 0 Å². The van der Waals surface area contributed by atoms with Crippen LogP contribution in [0.5, 0.6) is 0 Å². The fourth-order valence-corrected chi connectivity index (χ4v) is 5.92. The van der Waals surface area contributed by atoms with Crippen molar-refractivity contribution in [3.05, 3.63) is 21.4 Å². The average Bonchev–Trinajstić information content (AvgIpc) is 2.92. The van der Waals surface area contributed by atoms with Gasteiger partial charge in [0.15, 0.2) is 0 Å². The van der Waals surface area contributed by atoms with Gasteiger partial charge in [0.05, 0.1) is 24.2 Å². The highest BCUT2D eigenvalue weighted by molar-refractivity contribution is 7.14. The smallest absolute Gasteiger partial charge is 0.263 e. The molecule has 0 radical (unpaired) electrons. The third kappa shape index (κ3) is 1.85. The number of thiophene rings is 1. The van der Waals surface area contributed by atoms with Crippen molar-refractivity contribution < 1.29 is 14.6 Å². The topological polar surface area (TPSA) is 49.8 Å². The summed E-state index contributed by atoms with van der Waals surface area (Å²) in [4.78, 5) is 16.9. The molecule has 1 spiro atoms. The minimum Gasteiger partial charge on any atom is -0.392 e. The standard InChI is InChI=1S/C17H21NO3S/c19-15-12-8-18(7-11(12)6-17(15)2-3-17)16(20)14-5-10-9-21-4-1-13(10)22-14/h5,11-12,15,19H,1-4,6-9H2/t11-,12+,15-/m0/s1. The fourth-order valence-electron chi connectivity index (χ4n) is 4.80. The van der Waals surface area contributed by atoms with Crippen LogP contribution < -0.4 is 0 Å². The number of carbonyl (C=O) groups excluding carboxylic acids is 1. The molecule has 5 heteroatoms. The zero-order valence-electron chi connectivity index (χ0n) is 12.6. The van der Waals surface area contributed by atoms with Crippen LogP contribution in [0, 0.1) is 17.3 Å². The number of hydrogen-bond donors (Lipinski definition) is 1. The quantitative estimate of drug-likeness (QED) is 0.862. The van der Waals surface area contributed by atoms with Gasteiger partial charge in [0.2, 0.25) is 0 Å². The summed E-state index contributed by atoms with van der Waals surface area (Å²) in [6.45, 7) is 2.99. The second kappa shape index (κ2) is 4.56. The Hall–Kier alpha value is -0.910. The van der Waals surface area contributed by atoms with Crippen molar-refractivity contribution in [3.8, 4) is 0 Å². The Labute approximate surface area is 134 Å². The molecule has 3 fully saturated rings. The van der Waals surface area contributed by atoms with Crippen LogP contribution in [0.2, 0.25) is 0 Å². The Kier molecular flexibility index (Phi) is 2.80. The van der Waals surface area contributed by atoms with Crippen molar-refractivity contribution >= 4 is 17.2 Å². The van der Waals surface area contributed by atoms with E-state index in [-0.39, 0.29) is 17.4 Å². The van der Waals surface area contributed by atoms with E-state index in [4.69, 9.17) is 4.74 Å². The van der Waals surface area contributed by atoms with Crippen molar-refractivity contribution in [1.82, 2.24) is 4.90 Å². The summed E-state index contributed by atoms with van der Waals surface area (Å²) in [5.74, 6) is 0.981. The number of amides is 1. The van der Waals surface area contributed by atoms with E-state index in [0.29, 0.717) is 18.4 Å². The third-order valence-corrected chi connectivity index (χ3v) is 7.44. The summed E-state index contributed by atoms with van der Waals surface area (Å²) < 4.78 is 5.47. The number of aliphatic hydroxyl groups is 1. The molecule has 1 saturated heterocycles. The predicted octanol–water partition coefficient (Wildman–Crippen LogP) is 2.05. The minimum absolute atomic E-state index is 0.158. The Balaban J connectivity index is 1.34. The molecule has 3 heterocycles. The first kappa shape index (κ1) is 13.5. The highest BCUT2D eigenvalue weighted by Crippen LogP contribution is 2.63. The molecule has 2 saturated carbocycles. The number of ether oxygens (including phenoxy) is 1. The molecular formula is C17H21NO3S. The average molecular weight is 319 g/mol. The fraction of sp³-hybridized carbons (Fsp3) is 0.706. The Bertz CT molecular complexity index is 612. The number of nitrogens with zero attached hydrogens (tertiary/aromatic N) is 1. The Morgan fingerprint density at radius 1 is 1.41 bits per heavy atom. The molecule has 0 aromatic carbocycles. The molecule has 5 rings (SSSR count). The van der Waals surface area contributed by atoms with Gasteiger partial charge in [0.25, 0.3) is 5.91 Å². The molecule has 2 aliphatic carbocycles. The van der Waals surface area contributed by atoms with Gasteiger partial charge in [-0.3, -0.25) is 4.79 Å². The van der Waals surface area contributed by atoms with Gasteiger partial charge in [-0.25, -0.2) is 0 Å². The van der Waals surface area contributed by atoms with Gasteiger partial charge in [0, 0.05) is 30.3 Å². The van der Waals surface area contributed by atoms with E-state index in [9.17, 15) is 9.90 Å². The van der Waals surface area contributed by atoms with Crippen molar-refractivity contribution in [2.75, 3.05) is 19.7 Å². The molecule has 0 unspecified atom stereocenters. The third-order valence-electron chi connectivity index (χ3n) is 6.21. The second-order valence-corrected chi connectivity index (χ2v) is 8.64. The van der Waals surface area contributed by atoms with Gasteiger partial charge in [-0.15, -0.1) is 11.3 Å². The number of rotatable bonds is 1. The number of likely N-dealkylation sites (tertiary alicyclic amines) is 1. The number of aliphatic hydroxyl groups excluding tert-OH is 1. The lowest BCUT2D eigenvalue weighted by Gasteiger charge is -2.21. The SMILES string of the molecule is O=C(c1cc2c(s1)CCOC2)N1C[C@@H]2CC3(CC3)[C@@H](O)[C@@H]2C1. The van der Waals surface area contributed by atoms with E-state index in [2.05, 4.69) is 0 Å². The number of fused-ring (bicyclic) bond motifs is 2. The molecule has 3 atom stereocenters. The molecular weight excluding hydrogens is 298 g/mol. The molecule has 1 amide bonds. The van der Waals surface area contributed by atoms with Crippen LogP contribution >= 0.6 is 11.3 Å². The summed E-state index contributed by atoms with van der Waals surface area (Å²) >= 11 is 1.64. The van der Waals surface area contributed by atoms with Crippen LogP contribution in [0.1, 0.15) is 39.4 Å². The second-order valence-electron chi connectivity index (χ2n) is 7.51. The van der Waals surface area contributed by atoms with Crippen LogP contribution in [0.3, 0.4) is 0 Å². The summed E-state index contributed by atoms with van der Waals surface area (Å²) in [6.07, 6.45) is 4.25. The Morgan fingerprint density at radius 3 is 3.00 bits per heavy atom. The van der Waals surface area contributed by atoms with E-state index < -0.39 is 0 Å². The van der Waals surface area contributed by atoms with Gasteiger partial charge >= 0.3 is 0 Å². The monoisotopic (exact) mass is 319 g/mol. The van der Waals surface area contributed by atoms with Gasteiger partial charge in [0.1, 0.15) is 0 Å². The lowest BCUT2D eigenvalue weighted by atomic mass is 9.98. The van der Waals surface area contributed by atoms with Crippen molar-refractivity contribution in [2.45, 2.75) is 38.4 Å². The molecule has 1 aromatic heterocycles. The Morgan fingerprint density at radius 2 is 2.27 bits per heavy atom. The molecule has 2 aliphatic heterocycles. The van der Waals surface area contributed by atoms with Crippen LogP contribution in [-0.4, -0.2) is 41.7 Å². The van der Waals surface area contributed by atoms with Crippen molar-refractivity contribution in [1.29, 1.82) is 0 Å². The predicted molar refractivity (Wildman–Crippen MR) is 82.9 cm³/mol. The zero-order chi connectivity index (χ0) is 14.9. The minimum atomic E-state index is -0.180.